The molecule has 0 saturated carbocycles. The molecule has 0 amide bonds. The summed E-state index contributed by atoms with van der Waals surface area (Å²) in [6.45, 7) is 8.02. The minimum absolute atomic E-state index is 0.0935. The third-order valence-corrected chi connectivity index (χ3v) is 3.59. The van der Waals surface area contributed by atoms with Gasteiger partial charge in [-0.25, -0.2) is 0 Å². The standard InChI is InChI=1S/C13H18BrN/c1-9(2)7-8-12(15)11-6-4-5-10(3)13(11)14/h4-6,12H,1,7-8,15H2,2-3H3. The summed E-state index contributed by atoms with van der Waals surface area (Å²) in [6, 6.07) is 6.31. The summed E-state index contributed by atoms with van der Waals surface area (Å²) in [5.74, 6) is 0. The highest BCUT2D eigenvalue weighted by atomic mass is 79.9. The van der Waals surface area contributed by atoms with Crippen molar-refractivity contribution in [3.05, 3.63) is 46.0 Å². The number of nitrogens with two attached hydrogens (primary N) is 1. The Labute approximate surface area is 101 Å². The van der Waals surface area contributed by atoms with E-state index in [-0.39, 0.29) is 6.04 Å². The maximum absolute atomic E-state index is 6.14. The van der Waals surface area contributed by atoms with Gasteiger partial charge in [0, 0.05) is 10.5 Å². The summed E-state index contributed by atoms with van der Waals surface area (Å²) in [4.78, 5) is 0. The van der Waals surface area contributed by atoms with Crippen LogP contribution in [0.4, 0.5) is 0 Å². The zero-order valence-electron chi connectivity index (χ0n) is 9.39. The highest BCUT2D eigenvalue weighted by molar-refractivity contribution is 9.10. The molecule has 0 aliphatic carbocycles. The number of hydrogen-bond acceptors (Lipinski definition) is 1. The Morgan fingerprint density at radius 3 is 2.80 bits per heavy atom. The summed E-state index contributed by atoms with van der Waals surface area (Å²) in [6.07, 6.45) is 1.94. The van der Waals surface area contributed by atoms with Crippen molar-refractivity contribution < 1.29 is 0 Å². The van der Waals surface area contributed by atoms with Crippen LogP contribution in [-0.4, -0.2) is 0 Å². The Morgan fingerprint density at radius 1 is 1.53 bits per heavy atom. The molecule has 0 fully saturated rings. The van der Waals surface area contributed by atoms with Crippen molar-refractivity contribution in [3.8, 4) is 0 Å². The molecule has 0 bridgehead atoms. The van der Waals surface area contributed by atoms with Crippen LogP contribution < -0.4 is 5.73 Å². The van der Waals surface area contributed by atoms with Gasteiger partial charge in [-0.15, -0.1) is 6.58 Å². The highest BCUT2D eigenvalue weighted by Crippen LogP contribution is 2.28. The first-order chi connectivity index (χ1) is 7.02. The monoisotopic (exact) mass is 267 g/mol. The van der Waals surface area contributed by atoms with Gasteiger partial charge in [-0.1, -0.05) is 39.7 Å². The molecule has 0 radical (unpaired) electrons. The first-order valence-electron chi connectivity index (χ1n) is 5.17. The van der Waals surface area contributed by atoms with Crippen molar-refractivity contribution in [2.45, 2.75) is 32.7 Å². The van der Waals surface area contributed by atoms with Crippen LogP contribution >= 0.6 is 15.9 Å². The predicted octanol–water partition coefficient (Wildman–Crippen LogP) is 4.11. The number of aryl methyl sites for hydroxylation is 1. The normalized spacial score (nSPS) is 12.5. The average Bonchev–Trinajstić information content (AvgIpc) is 2.18. The molecule has 1 aromatic carbocycles. The highest BCUT2D eigenvalue weighted by Gasteiger charge is 2.10. The fourth-order valence-corrected chi connectivity index (χ4v) is 2.07. The van der Waals surface area contributed by atoms with Gasteiger partial charge in [-0.3, -0.25) is 0 Å². The van der Waals surface area contributed by atoms with Gasteiger partial charge in [-0.05, 0) is 37.8 Å². The van der Waals surface area contributed by atoms with Gasteiger partial charge in [0.05, 0.1) is 0 Å². The van der Waals surface area contributed by atoms with Gasteiger partial charge in [-0.2, -0.15) is 0 Å². The molecular formula is C13H18BrN. The van der Waals surface area contributed by atoms with E-state index in [0.29, 0.717) is 0 Å². The van der Waals surface area contributed by atoms with Crippen LogP contribution in [0.2, 0.25) is 0 Å². The van der Waals surface area contributed by atoms with Crippen molar-refractivity contribution in [1.29, 1.82) is 0 Å². The van der Waals surface area contributed by atoms with Gasteiger partial charge in [0.2, 0.25) is 0 Å². The lowest BCUT2D eigenvalue weighted by Crippen LogP contribution is -2.11. The van der Waals surface area contributed by atoms with Crippen molar-refractivity contribution in [2.24, 2.45) is 5.73 Å². The molecule has 0 heterocycles. The Balaban J connectivity index is 2.77. The second-order valence-electron chi connectivity index (χ2n) is 4.08. The molecule has 82 valence electrons. The molecular weight excluding hydrogens is 250 g/mol. The van der Waals surface area contributed by atoms with Crippen LogP contribution in [0.15, 0.2) is 34.8 Å². The zero-order chi connectivity index (χ0) is 11.4. The second-order valence-corrected chi connectivity index (χ2v) is 4.87. The lowest BCUT2D eigenvalue weighted by molar-refractivity contribution is 0.646. The number of allylic oxidation sites excluding steroid dienone is 1. The summed E-state index contributed by atoms with van der Waals surface area (Å²) in [5, 5.41) is 0. The van der Waals surface area contributed by atoms with Gasteiger partial charge in [0.25, 0.3) is 0 Å². The molecule has 0 saturated heterocycles. The molecule has 0 aromatic heterocycles. The Bertz CT molecular complexity index is 358. The fraction of sp³-hybridized carbons (Fsp3) is 0.385. The molecule has 2 heteroatoms. The van der Waals surface area contributed by atoms with E-state index in [2.05, 4.69) is 47.6 Å². The van der Waals surface area contributed by atoms with Crippen molar-refractivity contribution in [2.75, 3.05) is 0 Å². The van der Waals surface area contributed by atoms with Crippen molar-refractivity contribution in [3.63, 3.8) is 0 Å². The molecule has 0 aliphatic heterocycles. The number of rotatable bonds is 4. The van der Waals surface area contributed by atoms with Gasteiger partial charge >= 0.3 is 0 Å². The Morgan fingerprint density at radius 2 is 2.20 bits per heavy atom. The van der Waals surface area contributed by atoms with Gasteiger partial charge < -0.3 is 5.73 Å². The first kappa shape index (κ1) is 12.5. The van der Waals surface area contributed by atoms with Crippen LogP contribution in [0, 0.1) is 6.92 Å². The van der Waals surface area contributed by atoms with E-state index in [0.717, 1.165) is 17.3 Å². The molecule has 0 aliphatic rings. The first-order valence-corrected chi connectivity index (χ1v) is 5.96. The molecule has 2 N–H and O–H groups in total. The topological polar surface area (TPSA) is 26.0 Å². The molecule has 1 rings (SSSR count). The lowest BCUT2D eigenvalue weighted by Gasteiger charge is -2.15. The minimum Gasteiger partial charge on any atom is -0.324 e. The lowest BCUT2D eigenvalue weighted by atomic mass is 9.99. The van der Waals surface area contributed by atoms with Crippen LogP contribution in [0.25, 0.3) is 0 Å². The van der Waals surface area contributed by atoms with E-state index in [9.17, 15) is 0 Å². The number of benzene rings is 1. The summed E-state index contributed by atoms with van der Waals surface area (Å²) in [7, 11) is 0. The third-order valence-electron chi connectivity index (χ3n) is 2.50. The number of halogens is 1. The maximum Gasteiger partial charge on any atom is 0.0309 e. The second kappa shape index (κ2) is 5.47. The molecule has 15 heavy (non-hydrogen) atoms. The van der Waals surface area contributed by atoms with E-state index in [4.69, 9.17) is 5.73 Å². The van der Waals surface area contributed by atoms with Crippen LogP contribution in [0.5, 0.6) is 0 Å². The third kappa shape index (κ3) is 3.47. The van der Waals surface area contributed by atoms with E-state index in [1.807, 2.05) is 6.92 Å². The summed E-state index contributed by atoms with van der Waals surface area (Å²) < 4.78 is 1.14. The molecule has 0 spiro atoms. The fourth-order valence-electron chi connectivity index (χ4n) is 1.51. The van der Waals surface area contributed by atoms with Crippen molar-refractivity contribution >= 4 is 15.9 Å². The molecule has 1 nitrogen and oxygen atoms in total. The van der Waals surface area contributed by atoms with Crippen LogP contribution in [0.3, 0.4) is 0 Å². The quantitative estimate of drug-likeness (QED) is 0.817. The van der Waals surface area contributed by atoms with Crippen molar-refractivity contribution in [1.82, 2.24) is 0 Å². The average molecular weight is 268 g/mol. The minimum atomic E-state index is 0.0935. The van der Waals surface area contributed by atoms with Crippen LogP contribution in [0.1, 0.15) is 36.9 Å². The zero-order valence-corrected chi connectivity index (χ0v) is 11.0. The Hall–Kier alpha value is -0.600. The maximum atomic E-state index is 6.14. The van der Waals surface area contributed by atoms with Gasteiger partial charge in [0.1, 0.15) is 0 Å². The van der Waals surface area contributed by atoms with E-state index >= 15 is 0 Å². The van der Waals surface area contributed by atoms with Crippen LogP contribution in [-0.2, 0) is 0 Å². The summed E-state index contributed by atoms with van der Waals surface area (Å²) in [5.41, 5.74) is 9.76. The molecule has 1 atom stereocenters. The molecule has 1 unspecified atom stereocenters. The Kier molecular flexibility index (Phi) is 4.55. The largest absolute Gasteiger partial charge is 0.324 e. The smallest absolute Gasteiger partial charge is 0.0309 e. The van der Waals surface area contributed by atoms with Gasteiger partial charge in [0.15, 0.2) is 0 Å². The van der Waals surface area contributed by atoms with E-state index in [1.165, 1.54) is 16.7 Å². The predicted molar refractivity (Wildman–Crippen MR) is 69.9 cm³/mol. The number of hydrogen-bond donors (Lipinski definition) is 1. The van der Waals surface area contributed by atoms with E-state index < -0.39 is 0 Å². The summed E-state index contributed by atoms with van der Waals surface area (Å²) >= 11 is 3.59. The SMILES string of the molecule is C=C(C)CCC(N)c1cccc(C)c1Br. The van der Waals surface area contributed by atoms with E-state index in [1.54, 1.807) is 0 Å². The molecule has 1 aromatic rings.